The number of nitrogens with one attached hydrogen (secondary N) is 1. The fourth-order valence-corrected chi connectivity index (χ4v) is 4.45. The van der Waals surface area contributed by atoms with Gasteiger partial charge in [-0.15, -0.1) is 10.2 Å². The fraction of sp³-hybridized carbons (Fsp3) is 0.389. The van der Waals surface area contributed by atoms with Crippen molar-refractivity contribution in [1.82, 2.24) is 15.5 Å². The van der Waals surface area contributed by atoms with Crippen molar-refractivity contribution in [2.45, 2.75) is 16.3 Å². The summed E-state index contributed by atoms with van der Waals surface area (Å²) in [6, 6.07) is 7.62. The molecule has 0 aliphatic rings. The van der Waals surface area contributed by atoms with Crippen LogP contribution in [0, 0.1) is 0 Å². The second-order valence-electron chi connectivity index (χ2n) is 6.05. The van der Waals surface area contributed by atoms with Gasteiger partial charge in [0.05, 0.1) is 0 Å². The van der Waals surface area contributed by atoms with Gasteiger partial charge in [0, 0.05) is 45.6 Å². The average molecular weight is 495 g/mol. The molecule has 30 heavy (non-hydrogen) atoms. The average Bonchev–Trinajstić information content (AvgIpc) is 3.23. The molecule has 0 spiro atoms. The molecule has 12 heteroatoms. The van der Waals surface area contributed by atoms with Crippen molar-refractivity contribution in [1.29, 1.82) is 0 Å². The standard InChI is InChI=1S/C18H22Cl3N3O5Si/c1-26-30(27-2,28-3)12-4-11-22-16(25)14-8-5-13(6-9-14)7-10-15-23-24-17(29-15)18(19,20)21/h5-10H,4,11-12H2,1-3H3,(H,22,25). The van der Waals surface area contributed by atoms with Crippen molar-refractivity contribution < 1.29 is 22.5 Å². The maximum absolute atomic E-state index is 12.3. The zero-order valence-electron chi connectivity index (χ0n) is 16.7. The van der Waals surface area contributed by atoms with E-state index in [2.05, 4.69) is 15.5 Å². The highest BCUT2D eigenvalue weighted by molar-refractivity contribution is 6.66. The Morgan fingerprint density at radius 2 is 1.73 bits per heavy atom. The number of amides is 1. The SMILES string of the molecule is CO[Si](CCCNC(=O)c1ccc(C=Cc2nnc(C(Cl)(Cl)Cl)o2)cc1)(OC)OC. The monoisotopic (exact) mass is 493 g/mol. The Balaban J connectivity index is 1.86. The number of benzene rings is 1. The number of aromatic nitrogens is 2. The molecule has 0 radical (unpaired) electrons. The Kier molecular flexibility index (Phi) is 9.29. The fourth-order valence-electron chi connectivity index (χ4n) is 2.49. The van der Waals surface area contributed by atoms with Crippen LogP contribution in [0.4, 0.5) is 0 Å². The third-order valence-electron chi connectivity index (χ3n) is 4.15. The smallest absolute Gasteiger partial charge is 0.417 e. The van der Waals surface area contributed by atoms with E-state index in [1.807, 2.05) is 0 Å². The van der Waals surface area contributed by atoms with Crippen LogP contribution in [0.15, 0.2) is 28.7 Å². The van der Waals surface area contributed by atoms with E-state index in [0.717, 1.165) is 5.56 Å². The lowest BCUT2D eigenvalue weighted by Gasteiger charge is -2.24. The quantitative estimate of drug-likeness (QED) is 0.302. The summed E-state index contributed by atoms with van der Waals surface area (Å²) < 4.78 is 19.5. The molecule has 0 unspecified atom stereocenters. The number of carbonyl (C=O) groups excluding carboxylic acids is 1. The summed E-state index contributed by atoms with van der Waals surface area (Å²) in [5.74, 6) is -0.0872. The van der Waals surface area contributed by atoms with E-state index in [9.17, 15) is 4.79 Å². The van der Waals surface area contributed by atoms with Gasteiger partial charge in [-0.2, -0.15) is 0 Å². The van der Waals surface area contributed by atoms with Gasteiger partial charge in [0.1, 0.15) is 0 Å². The lowest BCUT2D eigenvalue weighted by atomic mass is 10.1. The molecule has 1 amide bonds. The summed E-state index contributed by atoms with van der Waals surface area (Å²) in [6.07, 6.45) is 4.00. The molecule has 0 atom stereocenters. The molecule has 0 bridgehead atoms. The predicted molar refractivity (Wildman–Crippen MR) is 117 cm³/mol. The van der Waals surface area contributed by atoms with E-state index in [1.54, 1.807) is 57.7 Å². The zero-order chi connectivity index (χ0) is 22.2. The summed E-state index contributed by atoms with van der Waals surface area (Å²) in [5.41, 5.74) is 1.37. The Labute approximate surface area is 190 Å². The Hall–Kier alpha value is -1.46. The molecular weight excluding hydrogens is 473 g/mol. The minimum atomic E-state index is -2.62. The van der Waals surface area contributed by atoms with E-state index in [0.29, 0.717) is 24.6 Å². The predicted octanol–water partition coefficient (Wildman–Crippen LogP) is 4.06. The van der Waals surface area contributed by atoms with Gasteiger partial charge < -0.3 is 23.0 Å². The van der Waals surface area contributed by atoms with Crippen LogP contribution in [-0.2, 0) is 17.1 Å². The van der Waals surface area contributed by atoms with E-state index >= 15 is 0 Å². The van der Waals surface area contributed by atoms with Gasteiger partial charge in [0.25, 0.3) is 15.6 Å². The van der Waals surface area contributed by atoms with E-state index in [-0.39, 0.29) is 17.7 Å². The molecular formula is C18H22Cl3N3O5Si. The van der Waals surface area contributed by atoms with Crippen LogP contribution in [0.2, 0.25) is 6.04 Å². The summed E-state index contributed by atoms with van der Waals surface area (Å²) in [7, 11) is 2.06. The van der Waals surface area contributed by atoms with E-state index < -0.39 is 12.6 Å². The molecule has 2 rings (SSSR count). The third kappa shape index (κ3) is 7.05. The minimum absolute atomic E-state index is 0.111. The number of rotatable bonds is 10. The van der Waals surface area contributed by atoms with Crippen molar-refractivity contribution >= 4 is 61.7 Å². The molecule has 1 heterocycles. The van der Waals surface area contributed by atoms with Gasteiger partial charge in [-0.1, -0.05) is 46.9 Å². The molecule has 0 aliphatic carbocycles. The lowest BCUT2D eigenvalue weighted by Crippen LogP contribution is -2.43. The van der Waals surface area contributed by atoms with Gasteiger partial charge in [-0.05, 0) is 30.2 Å². The van der Waals surface area contributed by atoms with Crippen LogP contribution in [0.1, 0.15) is 34.1 Å². The topological polar surface area (TPSA) is 95.7 Å². The van der Waals surface area contributed by atoms with Gasteiger partial charge >= 0.3 is 8.80 Å². The summed E-state index contributed by atoms with van der Waals surface area (Å²) in [5, 5.41) is 10.3. The van der Waals surface area contributed by atoms with Gasteiger partial charge in [0.2, 0.25) is 5.89 Å². The van der Waals surface area contributed by atoms with Crippen LogP contribution in [0.25, 0.3) is 12.2 Å². The highest BCUT2D eigenvalue weighted by atomic mass is 35.6. The number of hydrogen-bond acceptors (Lipinski definition) is 7. The molecule has 1 N–H and O–H groups in total. The van der Waals surface area contributed by atoms with Crippen molar-refractivity contribution in [3.05, 3.63) is 47.2 Å². The van der Waals surface area contributed by atoms with Crippen molar-refractivity contribution in [3.8, 4) is 0 Å². The summed E-state index contributed by atoms with van der Waals surface area (Å²) >= 11 is 17.0. The molecule has 1 aromatic heterocycles. The second kappa shape index (κ2) is 11.2. The number of nitrogens with zero attached hydrogens (tertiary/aromatic N) is 2. The molecule has 0 aliphatic heterocycles. The number of halogens is 3. The van der Waals surface area contributed by atoms with Crippen molar-refractivity contribution in [2.75, 3.05) is 27.9 Å². The first kappa shape index (κ1) is 24.8. The van der Waals surface area contributed by atoms with Crippen molar-refractivity contribution in [2.24, 2.45) is 0 Å². The van der Waals surface area contributed by atoms with Gasteiger partial charge in [-0.25, -0.2) is 0 Å². The number of hydrogen-bond donors (Lipinski definition) is 1. The normalized spacial score (nSPS) is 12.5. The first-order valence-corrected chi connectivity index (χ1v) is 11.9. The maximum atomic E-state index is 12.3. The van der Waals surface area contributed by atoms with Crippen LogP contribution in [0.5, 0.6) is 0 Å². The first-order chi connectivity index (χ1) is 14.2. The highest BCUT2D eigenvalue weighted by Gasteiger charge is 2.36. The Morgan fingerprint density at radius 1 is 1.10 bits per heavy atom. The van der Waals surface area contributed by atoms with E-state index in [1.165, 1.54) is 0 Å². The van der Waals surface area contributed by atoms with Crippen LogP contribution in [-0.4, -0.2) is 52.8 Å². The van der Waals surface area contributed by atoms with Gasteiger partial charge in [0.15, 0.2) is 0 Å². The number of alkyl halides is 3. The summed E-state index contributed by atoms with van der Waals surface area (Å²) in [4.78, 5) is 12.3. The zero-order valence-corrected chi connectivity index (χ0v) is 19.9. The highest BCUT2D eigenvalue weighted by Crippen LogP contribution is 2.37. The molecule has 0 saturated heterocycles. The lowest BCUT2D eigenvalue weighted by molar-refractivity contribution is 0.0949. The molecule has 8 nitrogen and oxygen atoms in total. The molecule has 0 fully saturated rings. The molecule has 1 aromatic carbocycles. The van der Waals surface area contributed by atoms with Crippen LogP contribution in [0.3, 0.4) is 0 Å². The van der Waals surface area contributed by atoms with Crippen molar-refractivity contribution in [3.63, 3.8) is 0 Å². The summed E-state index contributed by atoms with van der Waals surface area (Å²) in [6.45, 7) is 0.480. The minimum Gasteiger partial charge on any atom is -0.417 e. The first-order valence-electron chi connectivity index (χ1n) is 8.85. The van der Waals surface area contributed by atoms with Crippen LogP contribution >= 0.6 is 34.8 Å². The molecule has 2 aromatic rings. The number of carbonyl (C=O) groups is 1. The largest absolute Gasteiger partial charge is 0.500 e. The van der Waals surface area contributed by atoms with Gasteiger partial charge in [-0.3, -0.25) is 4.79 Å². The Morgan fingerprint density at radius 3 is 2.27 bits per heavy atom. The third-order valence-corrected chi connectivity index (χ3v) is 7.47. The van der Waals surface area contributed by atoms with E-state index in [4.69, 9.17) is 52.5 Å². The molecule has 0 saturated carbocycles. The Bertz CT molecular complexity index is 843. The molecule has 164 valence electrons. The maximum Gasteiger partial charge on any atom is 0.500 e. The van der Waals surface area contributed by atoms with Crippen LogP contribution < -0.4 is 5.32 Å². The second-order valence-corrected chi connectivity index (χ2v) is 11.4.